The van der Waals surface area contributed by atoms with Crippen molar-refractivity contribution < 1.29 is 32.7 Å². The average molecular weight is 250 g/mol. The van der Waals surface area contributed by atoms with Crippen molar-refractivity contribution in [2.24, 2.45) is 0 Å². The van der Waals surface area contributed by atoms with E-state index in [0.717, 1.165) is 11.0 Å². The molecule has 2 rings (SSSR count). The van der Waals surface area contributed by atoms with Crippen LogP contribution in [0, 0.1) is 6.92 Å². The van der Waals surface area contributed by atoms with E-state index in [1.807, 2.05) is 39.0 Å². The molecule has 0 atom stereocenters. The fraction of sp³-hybridized carbons (Fsp3) is 0.300. The number of nitrogens with zero attached hydrogens (tertiary/aromatic N) is 2. The molecule has 0 unspecified atom stereocenters. The summed E-state index contributed by atoms with van der Waals surface area (Å²) in [5.41, 5.74) is 3.19. The molecule has 67 valence electrons. The summed E-state index contributed by atoms with van der Waals surface area (Å²) in [5.74, 6) is 0. The van der Waals surface area contributed by atoms with E-state index >= 15 is 0 Å². The van der Waals surface area contributed by atoms with Gasteiger partial charge < -0.3 is 9.97 Å². The number of benzene rings is 1. The van der Waals surface area contributed by atoms with Crippen LogP contribution in [0.2, 0.25) is 0 Å². The molecule has 0 saturated carbocycles. The maximum atomic E-state index is 4.07. The van der Waals surface area contributed by atoms with Gasteiger partial charge >= 0.3 is 0 Å². The van der Waals surface area contributed by atoms with E-state index in [4.69, 9.17) is 0 Å². The van der Waals surface area contributed by atoms with Crippen molar-refractivity contribution in [2.75, 3.05) is 0 Å². The van der Waals surface area contributed by atoms with Crippen molar-refractivity contribution in [1.29, 1.82) is 0 Å². The van der Waals surface area contributed by atoms with Crippen LogP contribution >= 0.6 is 0 Å². The van der Waals surface area contributed by atoms with Crippen molar-refractivity contribution in [2.45, 2.75) is 20.8 Å². The summed E-state index contributed by atoms with van der Waals surface area (Å²) in [6.45, 7) is 6.05. The smallest absolute Gasteiger partial charge is 0 e. The molecule has 1 aromatic carbocycles. The van der Waals surface area contributed by atoms with Crippen molar-refractivity contribution in [1.82, 2.24) is 9.97 Å². The number of fused-ring (bicyclic) bond motifs is 1. The molecule has 0 N–H and O–H groups in total. The quantitative estimate of drug-likeness (QED) is 0.718. The predicted molar refractivity (Wildman–Crippen MR) is 51.1 cm³/mol. The third-order valence-electron chi connectivity index (χ3n) is 1.52. The molecule has 0 spiro atoms. The van der Waals surface area contributed by atoms with E-state index in [9.17, 15) is 0 Å². The normalized spacial score (nSPS) is 8.54. The topological polar surface area (TPSA) is 27.0 Å². The SMILES string of the molecule is CC.Cc1ccc2[n-]cnc2c1.[Y]. The molecule has 0 aliphatic carbocycles. The van der Waals surface area contributed by atoms with Crippen LogP contribution in [0.4, 0.5) is 0 Å². The first kappa shape index (κ1) is 12.8. The largest absolute Gasteiger partial charge is 0.443 e. The molecule has 0 aliphatic rings. The van der Waals surface area contributed by atoms with Crippen LogP contribution in [0.1, 0.15) is 19.4 Å². The second-order valence-corrected chi connectivity index (χ2v) is 2.37. The second kappa shape index (κ2) is 6.28. The summed E-state index contributed by atoms with van der Waals surface area (Å²) >= 11 is 0. The Balaban J connectivity index is 0.000000451. The van der Waals surface area contributed by atoms with E-state index in [0.29, 0.717) is 0 Å². The molecule has 0 amide bonds. The molecule has 2 aromatic rings. The van der Waals surface area contributed by atoms with Crippen LogP contribution in [-0.4, -0.2) is 4.98 Å². The molecular weight excluding hydrogens is 237 g/mol. The number of hydrogen-bond acceptors (Lipinski definition) is 1. The van der Waals surface area contributed by atoms with Crippen molar-refractivity contribution in [3.8, 4) is 0 Å². The van der Waals surface area contributed by atoms with Crippen LogP contribution in [0.5, 0.6) is 0 Å². The van der Waals surface area contributed by atoms with Gasteiger partial charge in [-0.1, -0.05) is 43.9 Å². The minimum atomic E-state index is 0. The monoisotopic (exact) mass is 250 g/mol. The van der Waals surface area contributed by atoms with Gasteiger partial charge in [0.2, 0.25) is 0 Å². The first-order valence-corrected chi connectivity index (χ1v) is 4.20. The van der Waals surface area contributed by atoms with Gasteiger partial charge in [-0.15, -0.1) is 0 Å². The Morgan fingerprint density at radius 2 is 1.92 bits per heavy atom. The first-order valence-electron chi connectivity index (χ1n) is 4.20. The Bertz CT molecular complexity index is 354. The summed E-state index contributed by atoms with van der Waals surface area (Å²) < 4.78 is 0. The summed E-state index contributed by atoms with van der Waals surface area (Å²) in [6.07, 6.45) is 1.59. The van der Waals surface area contributed by atoms with Crippen molar-refractivity contribution in [3.05, 3.63) is 30.1 Å². The third kappa shape index (κ3) is 3.20. The average Bonchev–Trinajstić information content (AvgIpc) is 2.54. The molecule has 0 bridgehead atoms. The molecular formula is C10H13N2Y-. The Hall–Kier alpha value is -0.206. The number of aryl methyl sites for hydroxylation is 1. The van der Waals surface area contributed by atoms with Crippen molar-refractivity contribution >= 4 is 11.0 Å². The van der Waals surface area contributed by atoms with Crippen molar-refractivity contribution in [3.63, 3.8) is 0 Å². The van der Waals surface area contributed by atoms with E-state index in [1.54, 1.807) is 6.33 Å². The van der Waals surface area contributed by atoms with Gasteiger partial charge in [-0.2, -0.15) is 0 Å². The third-order valence-corrected chi connectivity index (χ3v) is 1.52. The maximum Gasteiger partial charge on any atom is 0 e. The minimum absolute atomic E-state index is 0. The molecule has 1 aromatic heterocycles. The summed E-state index contributed by atoms with van der Waals surface area (Å²) in [5, 5.41) is 0. The zero-order valence-corrected chi connectivity index (χ0v) is 11.1. The molecule has 0 saturated heterocycles. The Labute approximate surface area is 104 Å². The zero-order chi connectivity index (χ0) is 8.97. The maximum absolute atomic E-state index is 4.07. The molecule has 13 heavy (non-hydrogen) atoms. The number of rotatable bonds is 0. The number of hydrogen-bond donors (Lipinski definition) is 0. The van der Waals surface area contributed by atoms with Gasteiger partial charge in [-0.25, -0.2) is 0 Å². The van der Waals surface area contributed by atoms with E-state index in [-0.39, 0.29) is 32.7 Å². The molecule has 2 nitrogen and oxygen atoms in total. The van der Waals surface area contributed by atoms with Crippen LogP contribution in [0.15, 0.2) is 24.5 Å². The molecule has 1 radical (unpaired) electrons. The standard InChI is InChI=1S/C8H7N2.C2H6.Y/c1-6-2-3-7-8(4-6)10-5-9-7;1-2;/h2-5H,1H3;1-2H3;/q-1;;. The van der Waals surface area contributed by atoms with Crippen LogP contribution in [0.3, 0.4) is 0 Å². The Kier molecular flexibility index (Phi) is 6.18. The van der Waals surface area contributed by atoms with Gasteiger partial charge in [0, 0.05) is 32.7 Å². The fourth-order valence-corrected chi connectivity index (χ4v) is 0.999. The molecule has 1 heterocycles. The summed E-state index contributed by atoms with van der Waals surface area (Å²) in [7, 11) is 0. The van der Waals surface area contributed by atoms with Gasteiger partial charge in [-0.05, 0) is 18.0 Å². The Morgan fingerprint density at radius 3 is 2.62 bits per heavy atom. The molecule has 0 aliphatic heterocycles. The minimum Gasteiger partial charge on any atom is -0.443 e. The van der Waals surface area contributed by atoms with Crippen LogP contribution in [-0.2, 0) is 32.7 Å². The zero-order valence-electron chi connectivity index (χ0n) is 8.28. The second-order valence-electron chi connectivity index (χ2n) is 2.37. The first-order chi connectivity index (χ1) is 5.86. The number of aromatic nitrogens is 2. The van der Waals surface area contributed by atoms with E-state index in [1.165, 1.54) is 5.56 Å². The van der Waals surface area contributed by atoms with Crippen LogP contribution in [0.25, 0.3) is 11.0 Å². The van der Waals surface area contributed by atoms with Crippen LogP contribution < -0.4 is 4.98 Å². The Morgan fingerprint density at radius 1 is 1.23 bits per heavy atom. The van der Waals surface area contributed by atoms with Gasteiger partial charge in [0.15, 0.2) is 0 Å². The summed E-state index contributed by atoms with van der Waals surface area (Å²) in [4.78, 5) is 8.12. The predicted octanol–water partition coefficient (Wildman–Crippen LogP) is 2.52. The number of imidazole rings is 1. The van der Waals surface area contributed by atoms with Gasteiger partial charge in [0.1, 0.15) is 0 Å². The summed E-state index contributed by atoms with van der Waals surface area (Å²) in [6, 6.07) is 6.05. The van der Waals surface area contributed by atoms with Gasteiger partial charge in [0.25, 0.3) is 0 Å². The fourth-order valence-electron chi connectivity index (χ4n) is 0.999. The molecule has 3 heteroatoms. The van der Waals surface area contributed by atoms with E-state index < -0.39 is 0 Å². The van der Waals surface area contributed by atoms with E-state index in [2.05, 4.69) is 9.97 Å². The van der Waals surface area contributed by atoms with Gasteiger partial charge in [0.05, 0.1) is 0 Å². The van der Waals surface area contributed by atoms with Gasteiger partial charge in [-0.3, -0.25) is 0 Å². The molecule has 0 fully saturated rings.